The Morgan fingerprint density at radius 2 is 2.06 bits per heavy atom. The van der Waals surface area contributed by atoms with Crippen LogP contribution in [0.3, 0.4) is 0 Å². The zero-order valence-electron chi connectivity index (χ0n) is 9.54. The largest absolute Gasteiger partial charge is 0.379 e. The number of aryl methyl sites for hydroxylation is 2. The van der Waals surface area contributed by atoms with Gasteiger partial charge in [-0.3, -0.25) is 0 Å². The van der Waals surface area contributed by atoms with Crippen molar-refractivity contribution < 1.29 is 5.11 Å². The molecular formula is C11H16N4O. The van der Waals surface area contributed by atoms with Gasteiger partial charge in [0.2, 0.25) is 0 Å². The molecule has 0 fully saturated rings. The fourth-order valence-electron chi connectivity index (χ4n) is 1.79. The molecule has 2 heterocycles. The minimum absolute atomic E-state index is 0.665. The van der Waals surface area contributed by atoms with Crippen molar-refractivity contribution in [3.63, 3.8) is 0 Å². The molecule has 16 heavy (non-hydrogen) atoms. The molecule has 0 aromatic carbocycles. The van der Waals surface area contributed by atoms with Crippen molar-refractivity contribution in [2.24, 2.45) is 0 Å². The molecule has 0 bridgehead atoms. The van der Waals surface area contributed by atoms with E-state index in [0.29, 0.717) is 5.82 Å². The van der Waals surface area contributed by atoms with E-state index in [1.165, 1.54) is 0 Å². The molecule has 1 atom stereocenters. The van der Waals surface area contributed by atoms with Crippen molar-refractivity contribution in [3.8, 4) is 0 Å². The van der Waals surface area contributed by atoms with Gasteiger partial charge >= 0.3 is 0 Å². The summed E-state index contributed by atoms with van der Waals surface area (Å²) in [6.07, 6.45) is 6.26. The second-order valence-electron chi connectivity index (χ2n) is 3.58. The van der Waals surface area contributed by atoms with Gasteiger partial charge in [-0.15, -0.1) is 0 Å². The summed E-state index contributed by atoms with van der Waals surface area (Å²) in [6.45, 7) is 5.63. The third-order valence-electron chi connectivity index (χ3n) is 2.70. The molecule has 86 valence electrons. The summed E-state index contributed by atoms with van der Waals surface area (Å²) in [6, 6.07) is 0. The van der Waals surface area contributed by atoms with Crippen LogP contribution in [0, 0.1) is 0 Å². The summed E-state index contributed by atoms with van der Waals surface area (Å²) in [5.41, 5.74) is 0.781. The van der Waals surface area contributed by atoms with Crippen molar-refractivity contribution >= 4 is 0 Å². The molecule has 0 aliphatic carbocycles. The van der Waals surface area contributed by atoms with Gasteiger partial charge in [0, 0.05) is 25.5 Å². The summed E-state index contributed by atoms with van der Waals surface area (Å²) in [4.78, 5) is 8.24. The van der Waals surface area contributed by atoms with Gasteiger partial charge in [0.05, 0.1) is 18.2 Å². The van der Waals surface area contributed by atoms with Gasteiger partial charge in [-0.05, 0) is 13.8 Å². The zero-order valence-corrected chi connectivity index (χ0v) is 9.54. The van der Waals surface area contributed by atoms with Crippen molar-refractivity contribution in [2.75, 3.05) is 0 Å². The summed E-state index contributed by atoms with van der Waals surface area (Å²) in [5, 5.41) is 10.2. The minimum Gasteiger partial charge on any atom is -0.379 e. The molecule has 0 aliphatic rings. The normalized spacial score (nSPS) is 12.9. The van der Waals surface area contributed by atoms with E-state index in [-0.39, 0.29) is 0 Å². The van der Waals surface area contributed by atoms with E-state index in [2.05, 4.69) is 9.97 Å². The van der Waals surface area contributed by atoms with Crippen molar-refractivity contribution in [1.82, 2.24) is 19.1 Å². The number of aliphatic hydroxyl groups is 1. The first-order valence-corrected chi connectivity index (χ1v) is 5.47. The predicted molar refractivity (Wildman–Crippen MR) is 59.9 cm³/mol. The fourth-order valence-corrected chi connectivity index (χ4v) is 1.79. The SMILES string of the molecule is CCn1cncc1C(O)c1nccn1CC. The third-order valence-corrected chi connectivity index (χ3v) is 2.70. The lowest BCUT2D eigenvalue weighted by Gasteiger charge is -2.13. The molecule has 2 aromatic rings. The zero-order chi connectivity index (χ0) is 11.5. The average Bonchev–Trinajstić information content (AvgIpc) is 2.96. The van der Waals surface area contributed by atoms with E-state index >= 15 is 0 Å². The van der Waals surface area contributed by atoms with E-state index < -0.39 is 6.10 Å². The molecule has 5 heteroatoms. The van der Waals surface area contributed by atoms with Crippen molar-refractivity contribution in [1.29, 1.82) is 0 Å². The van der Waals surface area contributed by atoms with Crippen LogP contribution in [-0.4, -0.2) is 24.2 Å². The molecule has 0 aliphatic heterocycles. The van der Waals surface area contributed by atoms with E-state index in [1.807, 2.05) is 29.2 Å². The molecule has 5 nitrogen and oxygen atoms in total. The van der Waals surface area contributed by atoms with Crippen LogP contribution < -0.4 is 0 Å². The van der Waals surface area contributed by atoms with Gasteiger partial charge in [0.1, 0.15) is 5.82 Å². The van der Waals surface area contributed by atoms with Gasteiger partial charge in [-0.2, -0.15) is 0 Å². The Morgan fingerprint density at radius 1 is 1.31 bits per heavy atom. The van der Waals surface area contributed by atoms with Crippen molar-refractivity contribution in [3.05, 3.63) is 36.4 Å². The van der Waals surface area contributed by atoms with E-state index in [4.69, 9.17) is 0 Å². The molecule has 1 N–H and O–H groups in total. The van der Waals surface area contributed by atoms with Gasteiger partial charge in [-0.25, -0.2) is 9.97 Å². The number of aliphatic hydroxyl groups excluding tert-OH is 1. The van der Waals surface area contributed by atoms with E-state index in [0.717, 1.165) is 18.8 Å². The maximum Gasteiger partial charge on any atom is 0.153 e. The second-order valence-corrected chi connectivity index (χ2v) is 3.58. The maximum atomic E-state index is 10.2. The predicted octanol–water partition coefficient (Wildman–Crippen LogP) is 1.20. The number of hydrogen-bond donors (Lipinski definition) is 1. The third kappa shape index (κ3) is 1.74. The number of imidazole rings is 2. The van der Waals surface area contributed by atoms with Crippen LogP contribution in [0.5, 0.6) is 0 Å². The average molecular weight is 220 g/mol. The van der Waals surface area contributed by atoms with Gasteiger partial charge in [0.25, 0.3) is 0 Å². The van der Waals surface area contributed by atoms with Crippen LogP contribution in [0.4, 0.5) is 0 Å². The van der Waals surface area contributed by atoms with Crippen LogP contribution in [0.2, 0.25) is 0 Å². The Morgan fingerprint density at radius 3 is 2.75 bits per heavy atom. The monoisotopic (exact) mass is 220 g/mol. The van der Waals surface area contributed by atoms with Gasteiger partial charge in [-0.1, -0.05) is 0 Å². The second kappa shape index (κ2) is 4.49. The number of nitrogens with zero attached hydrogens (tertiary/aromatic N) is 4. The van der Waals surface area contributed by atoms with Crippen LogP contribution in [-0.2, 0) is 13.1 Å². The lowest BCUT2D eigenvalue weighted by atomic mass is 10.2. The van der Waals surface area contributed by atoms with Gasteiger partial charge in [0.15, 0.2) is 6.10 Å². The van der Waals surface area contributed by atoms with E-state index in [9.17, 15) is 5.11 Å². The van der Waals surface area contributed by atoms with Crippen molar-refractivity contribution in [2.45, 2.75) is 33.0 Å². The highest BCUT2D eigenvalue weighted by molar-refractivity contribution is 5.13. The molecule has 2 rings (SSSR count). The first-order chi connectivity index (χ1) is 7.77. The number of aromatic nitrogens is 4. The maximum absolute atomic E-state index is 10.2. The highest BCUT2D eigenvalue weighted by atomic mass is 16.3. The smallest absolute Gasteiger partial charge is 0.153 e. The molecule has 2 aromatic heterocycles. The summed E-state index contributed by atoms with van der Waals surface area (Å²) in [7, 11) is 0. The summed E-state index contributed by atoms with van der Waals surface area (Å²) < 4.78 is 3.84. The molecule has 0 radical (unpaired) electrons. The lowest BCUT2D eigenvalue weighted by Crippen LogP contribution is -2.12. The Bertz CT molecular complexity index is 418. The number of rotatable bonds is 4. The standard InChI is InChI=1S/C11H16N4O/c1-3-14-6-5-13-11(14)10(16)9-7-12-8-15(9)4-2/h5-8,10,16H,3-4H2,1-2H3. The molecule has 0 amide bonds. The minimum atomic E-state index is -0.711. The molecule has 0 saturated heterocycles. The summed E-state index contributed by atoms with van der Waals surface area (Å²) in [5.74, 6) is 0.665. The quantitative estimate of drug-likeness (QED) is 0.842. The van der Waals surface area contributed by atoms with Crippen LogP contribution in [0.15, 0.2) is 24.9 Å². The molecule has 0 saturated carbocycles. The van der Waals surface area contributed by atoms with Crippen LogP contribution >= 0.6 is 0 Å². The first kappa shape index (κ1) is 10.9. The Kier molecular flexibility index (Phi) is 3.05. The number of hydrogen-bond acceptors (Lipinski definition) is 3. The van der Waals surface area contributed by atoms with Gasteiger partial charge < -0.3 is 14.2 Å². The Balaban J connectivity index is 2.35. The topological polar surface area (TPSA) is 55.9 Å². The van der Waals surface area contributed by atoms with E-state index in [1.54, 1.807) is 18.7 Å². The first-order valence-electron chi connectivity index (χ1n) is 5.47. The highest BCUT2D eigenvalue weighted by Crippen LogP contribution is 2.20. The Labute approximate surface area is 94.4 Å². The molecule has 1 unspecified atom stereocenters. The highest BCUT2D eigenvalue weighted by Gasteiger charge is 2.18. The molecular weight excluding hydrogens is 204 g/mol. The fraction of sp³-hybridized carbons (Fsp3) is 0.455. The molecule has 0 spiro atoms. The lowest BCUT2D eigenvalue weighted by molar-refractivity contribution is 0.195. The van der Waals surface area contributed by atoms with Crippen LogP contribution in [0.25, 0.3) is 0 Å². The Hall–Kier alpha value is -1.62. The summed E-state index contributed by atoms with van der Waals surface area (Å²) >= 11 is 0. The van der Waals surface area contributed by atoms with Crippen LogP contribution in [0.1, 0.15) is 31.5 Å².